The van der Waals surface area contributed by atoms with E-state index in [0.29, 0.717) is 4.88 Å². The molecule has 12 heteroatoms. The zero-order chi connectivity index (χ0) is 23.1. The zero-order valence-corrected chi connectivity index (χ0v) is 18.0. The van der Waals surface area contributed by atoms with Crippen molar-refractivity contribution in [2.45, 2.75) is 19.9 Å². The predicted octanol–water partition coefficient (Wildman–Crippen LogP) is 2.56. The van der Waals surface area contributed by atoms with Gasteiger partial charge in [-0.1, -0.05) is 31.5 Å². The largest absolute Gasteiger partial charge is 0.454 e. The van der Waals surface area contributed by atoms with Crippen molar-refractivity contribution < 1.29 is 28.8 Å². The second kappa shape index (κ2) is 10.6. The van der Waals surface area contributed by atoms with Gasteiger partial charge in [0, 0.05) is 11.6 Å². The molecule has 0 saturated carbocycles. The molecule has 0 aliphatic rings. The second-order valence-corrected chi connectivity index (χ2v) is 7.94. The van der Waals surface area contributed by atoms with Crippen molar-refractivity contribution in [3.63, 3.8) is 0 Å². The van der Waals surface area contributed by atoms with Crippen LogP contribution in [0.15, 0.2) is 35.7 Å². The van der Waals surface area contributed by atoms with Crippen LogP contribution in [0.5, 0.6) is 0 Å². The highest BCUT2D eigenvalue weighted by molar-refractivity contribution is 7.12. The van der Waals surface area contributed by atoms with E-state index in [9.17, 15) is 29.3 Å². The first kappa shape index (κ1) is 24.0. The van der Waals surface area contributed by atoms with E-state index in [2.05, 4.69) is 10.6 Å². The SMILES string of the molecule is CC(C)C(NC(=O)c1ccc(Cl)c([N+](=O)[O-])c1)C(=O)OCC(=O)NC(=O)c1cccs1. The van der Waals surface area contributed by atoms with Gasteiger partial charge in [-0.05, 0) is 29.5 Å². The molecule has 1 aromatic heterocycles. The Hall–Kier alpha value is -3.31. The third-order valence-electron chi connectivity index (χ3n) is 3.96. The van der Waals surface area contributed by atoms with Crippen molar-refractivity contribution in [1.29, 1.82) is 0 Å². The fourth-order valence-corrected chi connectivity index (χ4v) is 3.18. The molecule has 0 saturated heterocycles. The molecule has 164 valence electrons. The molecule has 0 aliphatic carbocycles. The van der Waals surface area contributed by atoms with E-state index in [4.69, 9.17) is 16.3 Å². The van der Waals surface area contributed by atoms with Gasteiger partial charge in [0.1, 0.15) is 11.1 Å². The summed E-state index contributed by atoms with van der Waals surface area (Å²) >= 11 is 6.88. The van der Waals surface area contributed by atoms with Crippen LogP contribution in [-0.4, -0.2) is 41.3 Å². The van der Waals surface area contributed by atoms with E-state index in [1.807, 2.05) is 0 Å². The average molecular weight is 468 g/mol. The number of carbonyl (C=O) groups excluding carboxylic acids is 4. The van der Waals surface area contributed by atoms with Crippen LogP contribution in [-0.2, 0) is 14.3 Å². The molecule has 10 nitrogen and oxygen atoms in total. The minimum atomic E-state index is -1.14. The van der Waals surface area contributed by atoms with Crippen LogP contribution in [0.3, 0.4) is 0 Å². The second-order valence-electron chi connectivity index (χ2n) is 6.58. The number of thiophene rings is 1. The fraction of sp³-hybridized carbons (Fsp3) is 0.263. The Morgan fingerprint density at radius 2 is 1.90 bits per heavy atom. The van der Waals surface area contributed by atoms with Crippen LogP contribution in [0, 0.1) is 16.0 Å². The van der Waals surface area contributed by atoms with Crippen LogP contribution in [0.25, 0.3) is 0 Å². The van der Waals surface area contributed by atoms with Gasteiger partial charge in [-0.3, -0.25) is 29.8 Å². The molecule has 1 heterocycles. The van der Waals surface area contributed by atoms with E-state index >= 15 is 0 Å². The summed E-state index contributed by atoms with van der Waals surface area (Å²) in [6.07, 6.45) is 0. The Morgan fingerprint density at radius 1 is 1.19 bits per heavy atom. The Labute approximate surface area is 185 Å². The summed E-state index contributed by atoms with van der Waals surface area (Å²) in [6, 6.07) is 5.51. The van der Waals surface area contributed by atoms with Crippen molar-refractivity contribution in [2.75, 3.05) is 6.61 Å². The summed E-state index contributed by atoms with van der Waals surface area (Å²) in [5, 5.41) is 17.0. The fourth-order valence-electron chi connectivity index (χ4n) is 2.37. The van der Waals surface area contributed by atoms with E-state index in [1.54, 1.807) is 25.3 Å². The average Bonchev–Trinajstić information content (AvgIpc) is 3.25. The summed E-state index contributed by atoms with van der Waals surface area (Å²) in [4.78, 5) is 59.1. The van der Waals surface area contributed by atoms with Gasteiger partial charge in [0.15, 0.2) is 6.61 Å². The number of halogens is 1. The number of ether oxygens (including phenoxy) is 1. The summed E-state index contributed by atoms with van der Waals surface area (Å²) in [5.74, 6) is -3.52. The lowest BCUT2D eigenvalue weighted by molar-refractivity contribution is -0.384. The number of esters is 1. The predicted molar refractivity (Wildman–Crippen MR) is 112 cm³/mol. The number of nitrogens with zero attached hydrogens (tertiary/aromatic N) is 1. The quantitative estimate of drug-likeness (QED) is 0.344. The van der Waals surface area contributed by atoms with Gasteiger partial charge in [-0.15, -0.1) is 11.3 Å². The Bertz CT molecular complexity index is 1010. The molecule has 0 radical (unpaired) electrons. The molecule has 0 fully saturated rings. The summed E-state index contributed by atoms with van der Waals surface area (Å²) in [6.45, 7) is 2.55. The first-order chi connectivity index (χ1) is 14.6. The number of nitrogens with one attached hydrogen (secondary N) is 2. The first-order valence-corrected chi connectivity index (χ1v) is 10.1. The molecule has 0 bridgehead atoms. The minimum absolute atomic E-state index is 0.0752. The molecule has 0 spiro atoms. The van der Waals surface area contributed by atoms with Crippen molar-refractivity contribution in [2.24, 2.45) is 5.92 Å². The van der Waals surface area contributed by atoms with Crippen molar-refractivity contribution in [3.05, 3.63) is 61.3 Å². The molecule has 0 aliphatic heterocycles. The molecule has 31 heavy (non-hydrogen) atoms. The number of amides is 3. The molecular weight excluding hydrogens is 450 g/mol. The molecule has 2 rings (SSSR count). The maximum absolute atomic E-state index is 12.5. The number of nitro groups is 1. The van der Waals surface area contributed by atoms with Crippen LogP contribution < -0.4 is 10.6 Å². The standard InChI is InChI=1S/C19H18ClN3O7S/c1-10(2)16(22-17(25)11-5-6-12(20)13(8-11)23(28)29)19(27)30-9-15(24)21-18(26)14-4-3-7-31-14/h3-8,10,16H,9H2,1-2H3,(H,22,25)(H,21,24,26). The van der Waals surface area contributed by atoms with Crippen LogP contribution in [0.4, 0.5) is 5.69 Å². The summed E-state index contributed by atoms with van der Waals surface area (Å²) in [5.41, 5.74) is -0.529. The molecule has 2 aromatic rings. The van der Waals surface area contributed by atoms with Gasteiger partial charge in [0.2, 0.25) is 0 Å². The Kier molecular flexibility index (Phi) is 8.22. The molecular formula is C19H18ClN3O7S. The van der Waals surface area contributed by atoms with Gasteiger partial charge < -0.3 is 10.1 Å². The molecule has 1 atom stereocenters. The number of rotatable bonds is 8. The number of carbonyl (C=O) groups is 4. The van der Waals surface area contributed by atoms with E-state index in [0.717, 1.165) is 17.4 Å². The first-order valence-electron chi connectivity index (χ1n) is 8.89. The van der Waals surface area contributed by atoms with E-state index < -0.39 is 52.9 Å². The third-order valence-corrected chi connectivity index (χ3v) is 5.14. The highest BCUT2D eigenvalue weighted by Crippen LogP contribution is 2.25. The van der Waals surface area contributed by atoms with Gasteiger partial charge in [0.05, 0.1) is 9.80 Å². The zero-order valence-electron chi connectivity index (χ0n) is 16.4. The maximum Gasteiger partial charge on any atom is 0.329 e. The highest BCUT2D eigenvalue weighted by atomic mass is 35.5. The Morgan fingerprint density at radius 3 is 2.48 bits per heavy atom. The van der Waals surface area contributed by atoms with Crippen LogP contribution >= 0.6 is 22.9 Å². The van der Waals surface area contributed by atoms with Gasteiger partial charge in [-0.2, -0.15) is 0 Å². The topological polar surface area (TPSA) is 145 Å². The van der Waals surface area contributed by atoms with Crippen LogP contribution in [0.1, 0.15) is 33.9 Å². The lowest BCUT2D eigenvalue weighted by Gasteiger charge is -2.20. The number of benzene rings is 1. The smallest absolute Gasteiger partial charge is 0.329 e. The molecule has 1 unspecified atom stereocenters. The molecule has 1 aromatic carbocycles. The van der Waals surface area contributed by atoms with Gasteiger partial charge in [0.25, 0.3) is 23.4 Å². The number of hydrogen-bond acceptors (Lipinski definition) is 8. The molecule has 2 N–H and O–H groups in total. The lowest BCUT2D eigenvalue weighted by atomic mass is 10.0. The minimum Gasteiger partial charge on any atom is -0.454 e. The monoisotopic (exact) mass is 467 g/mol. The highest BCUT2D eigenvalue weighted by Gasteiger charge is 2.28. The molecule has 3 amide bonds. The van der Waals surface area contributed by atoms with Gasteiger partial charge in [-0.25, -0.2) is 4.79 Å². The summed E-state index contributed by atoms with van der Waals surface area (Å²) in [7, 11) is 0. The van der Waals surface area contributed by atoms with Crippen molar-refractivity contribution >= 4 is 52.3 Å². The van der Waals surface area contributed by atoms with E-state index in [1.165, 1.54) is 18.2 Å². The van der Waals surface area contributed by atoms with Crippen LogP contribution in [0.2, 0.25) is 5.02 Å². The van der Waals surface area contributed by atoms with E-state index in [-0.39, 0.29) is 10.6 Å². The van der Waals surface area contributed by atoms with Crippen molar-refractivity contribution in [3.8, 4) is 0 Å². The Balaban J connectivity index is 1.98. The van der Waals surface area contributed by atoms with Crippen molar-refractivity contribution in [1.82, 2.24) is 10.6 Å². The third kappa shape index (κ3) is 6.59. The number of hydrogen-bond donors (Lipinski definition) is 2. The normalized spacial score (nSPS) is 11.5. The number of nitro benzene ring substituents is 1. The lowest BCUT2D eigenvalue weighted by Crippen LogP contribution is -2.46. The number of imide groups is 1. The summed E-state index contributed by atoms with van der Waals surface area (Å²) < 4.78 is 4.92. The maximum atomic E-state index is 12.5. The van der Waals surface area contributed by atoms with Gasteiger partial charge >= 0.3 is 5.97 Å².